The average molecular weight is 313 g/mol. The van der Waals surface area contributed by atoms with E-state index in [9.17, 15) is 9.90 Å². The summed E-state index contributed by atoms with van der Waals surface area (Å²) in [6.45, 7) is 7.89. The number of amides is 1. The Kier molecular flexibility index (Phi) is 11.9. The Morgan fingerprint density at radius 1 is 1.14 bits per heavy atom. The molecule has 0 fully saturated rings. The van der Waals surface area contributed by atoms with Crippen molar-refractivity contribution in [1.29, 1.82) is 0 Å². The van der Waals surface area contributed by atoms with E-state index in [0.717, 1.165) is 6.42 Å². The summed E-state index contributed by atoms with van der Waals surface area (Å²) in [6.07, 6.45) is 12.5. The first kappa shape index (κ1) is 21.0. The van der Waals surface area contributed by atoms with E-state index in [4.69, 9.17) is 4.74 Å². The zero-order valence-corrected chi connectivity index (χ0v) is 14.9. The first-order valence-corrected chi connectivity index (χ1v) is 8.65. The Labute approximate surface area is 136 Å². The topological polar surface area (TPSA) is 58.6 Å². The van der Waals surface area contributed by atoms with Crippen LogP contribution in [0, 0.1) is 0 Å². The van der Waals surface area contributed by atoms with Crippen LogP contribution in [0.1, 0.15) is 79.1 Å². The maximum atomic E-state index is 11.4. The van der Waals surface area contributed by atoms with Crippen molar-refractivity contribution in [3.8, 4) is 0 Å². The van der Waals surface area contributed by atoms with Crippen LogP contribution in [0.2, 0.25) is 0 Å². The van der Waals surface area contributed by atoms with Gasteiger partial charge in [-0.1, -0.05) is 51.2 Å². The molecule has 0 aliphatic rings. The van der Waals surface area contributed by atoms with Gasteiger partial charge in [0, 0.05) is 6.54 Å². The molecular weight excluding hydrogens is 278 g/mol. The molecule has 1 amide bonds. The number of rotatable bonds is 11. The van der Waals surface area contributed by atoms with E-state index in [1.54, 1.807) is 0 Å². The lowest BCUT2D eigenvalue weighted by Gasteiger charge is -2.20. The van der Waals surface area contributed by atoms with Gasteiger partial charge in [-0.3, -0.25) is 0 Å². The maximum Gasteiger partial charge on any atom is 0.407 e. The Balaban J connectivity index is 3.54. The van der Waals surface area contributed by atoms with Gasteiger partial charge in [0.05, 0.1) is 6.10 Å². The summed E-state index contributed by atoms with van der Waals surface area (Å²) >= 11 is 0. The second-order valence-electron chi connectivity index (χ2n) is 6.80. The van der Waals surface area contributed by atoms with Crippen LogP contribution in [0.4, 0.5) is 4.79 Å². The van der Waals surface area contributed by atoms with Crippen molar-refractivity contribution in [3.63, 3.8) is 0 Å². The number of hydrogen-bond donors (Lipinski definition) is 2. The van der Waals surface area contributed by atoms with Crippen molar-refractivity contribution in [3.05, 3.63) is 12.2 Å². The number of hydrogen-bond acceptors (Lipinski definition) is 3. The lowest BCUT2D eigenvalue weighted by molar-refractivity contribution is 0.0493. The summed E-state index contributed by atoms with van der Waals surface area (Å²) < 4.78 is 5.11. The van der Waals surface area contributed by atoms with E-state index in [0.29, 0.717) is 6.42 Å². The van der Waals surface area contributed by atoms with Crippen molar-refractivity contribution in [2.75, 3.05) is 6.54 Å². The van der Waals surface area contributed by atoms with Gasteiger partial charge < -0.3 is 15.2 Å². The predicted octanol–water partition coefficient (Wildman–Crippen LogP) is 4.57. The molecule has 0 unspecified atom stereocenters. The number of carbonyl (C=O) groups excluding carboxylic acids is 1. The van der Waals surface area contributed by atoms with E-state index in [-0.39, 0.29) is 6.54 Å². The number of nitrogens with one attached hydrogen (secondary N) is 1. The highest BCUT2D eigenvalue weighted by Crippen LogP contribution is 2.08. The number of aliphatic hydroxyl groups excluding tert-OH is 1. The molecule has 0 rings (SSSR count). The molecule has 1 atom stereocenters. The molecule has 130 valence electrons. The molecule has 0 radical (unpaired) electrons. The SMILES string of the molecule is CCCCCCCC/C=C/C[C@@H](O)CNC(=O)OC(C)(C)C. The number of allylic oxidation sites excluding steroid dienone is 1. The lowest BCUT2D eigenvalue weighted by atomic mass is 10.1. The van der Waals surface area contributed by atoms with Gasteiger partial charge in [0.25, 0.3) is 0 Å². The van der Waals surface area contributed by atoms with Crippen molar-refractivity contribution in [2.24, 2.45) is 0 Å². The van der Waals surface area contributed by atoms with Gasteiger partial charge in [-0.25, -0.2) is 4.79 Å². The second-order valence-corrected chi connectivity index (χ2v) is 6.80. The fourth-order valence-corrected chi connectivity index (χ4v) is 2.01. The van der Waals surface area contributed by atoms with Gasteiger partial charge in [0.1, 0.15) is 5.60 Å². The first-order chi connectivity index (χ1) is 10.3. The maximum absolute atomic E-state index is 11.4. The molecule has 0 heterocycles. The third kappa shape index (κ3) is 15.4. The highest BCUT2D eigenvalue weighted by Gasteiger charge is 2.16. The van der Waals surface area contributed by atoms with E-state index in [1.807, 2.05) is 26.8 Å². The summed E-state index contributed by atoms with van der Waals surface area (Å²) in [4.78, 5) is 11.4. The molecule has 0 spiro atoms. The van der Waals surface area contributed by atoms with Crippen LogP contribution in [-0.4, -0.2) is 29.4 Å². The Morgan fingerprint density at radius 2 is 1.77 bits per heavy atom. The number of aliphatic hydroxyl groups is 1. The largest absolute Gasteiger partial charge is 0.444 e. The number of ether oxygens (including phenoxy) is 1. The fraction of sp³-hybridized carbons (Fsp3) is 0.833. The van der Waals surface area contributed by atoms with Crippen molar-refractivity contribution < 1.29 is 14.6 Å². The summed E-state index contributed by atoms with van der Waals surface area (Å²) in [6, 6.07) is 0. The molecule has 2 N–H and O–H groups in total. The summed E-state index contributed by atoms with van der Waals surface area (Å²) in [7, 11) is 0. The molecule has 0 saturated heterocycles. The van der Waals surface area contributed by atoms with Gasteiger partial charge >= 0.3 is 6.09 Å². The Bertz CT molecular complexity index is 308. The minimum absolute atomic E-state index is 0.219. The van der Waals surface area contributed by atoms with E-state index in [1.165, 1.54) is 38.5 Å². The summed E-state index contributed by atoms with van der Waals surface area (Å²) in [5.41, 5.74) is -0.508. The zero-order chi connectivity index (χ0) is 16.8. The van der Waals surface area contributed by atoms with Gasteiger partial charge in [-0.15, -0.1) is 0 Å². The van der Waals surface area contributed by atoms with E-state index in [2.05, 4.69) is 18.3 Å². The summed E-state index contributed by atoms with van der Waals surface area (Å²) in [5.74, 6) is 0. The second kappa shape index (κ2) is 12.5. The van der Waals surface area contributed by atoms with Crippen LogP contribution < -0.4 is 5.32 Å². The van der Waals surface area contributed by atoms with Crippen LogP contribution in [0.3, 0.4) is 0 Å². The molecule has 22 heavy (non-hydrogen) atoms. The minimum atomic E-state index is -0.562. The first-order valence-electron chi connectivity index (χ1n) is 8.65. The molecule has 0 aromatic heterocycles. The quantitative estimate of drug-likeness (QED) is 0.434. The highest BCUT2D eigenvalue weighted by molar-refractivity contribution is 5.67. The Morgan fingerprint density at radius 3 is 2.41 bits per heavy atom. The smallest absolute Gasteiger partial charge is 0.407 e. The van der Waals surface area contributed by atoms with Gasteiger partial charge in [0.15, 0.2) is 0 Å². The minimum Gasteiger partial charge on any atom is -0.444 e. The normalized spacial score (nSPS) is 13.3. The molecule has 0 aromatic rings. The lowest BCUT2D eigenvalue weighted by Crippen LogP contribution is -2.36. The Hall–Kier alpha value is -1.03. The molecular formula is C18H35NO3. The van der Waals surface area contributed by atoms with E-state index >= 15 is 0 Å². The van der Waals surface area contributed by atoms with Gasteiger partial charge in [-0.05, 0) is 40.0 Å². The van der Waals surface area contributed by atoms with Crippen LogP contribution >= 0.6 is 0 Å². The molecule has 0 aromatic carbocycles. The van der Waals surface area contributed by atoms with Crippen molar-refractivity contribution in [2.45, 2.75) is 90.8 Å². The molecule has 4 heteroatoms. The predicted molar refractivity (Wildman–Crippen MR) is 92.0 cm³/mol. The van der Waals surface area contributed by atoms with Crippen LogP contribution in [0.25, 0.3) is 0 Å². The van der Waals surface area contributed by atoms with Crippen molar-refractivity contribution >= 4 is 6.09 Å². The summed E-state index contributed by atoms with van der Waals surface area (Å²) in [5, 5.41) is 12.3. The molecule has 0 aliphatic heterocycles. The highest BCUT2D eigenvalue weighted by atomic mass is 16.6. The molecule has 4 nitrogen and oxygen atoms in total. The van der Waals surface area contributed by atoms with Crippen LogP contribution in [-0.2, 0) is 4.74 Å². The zero-order valence-electron chi connectivity index (χ0n) is 14.9. The standard InChI is InChI=1S/C18H35NO3/c1-5-6-7-8-9-10-11-12-13-14-16(20)15-19-17(21)22-18(2,3)4/h12-13,16,20H,5-11,14-15H2,1-4H3,(H,19,21)/b13-12+/t16-/m1/s1. The number of unbranched alkanes of at least 4 members (excludes halogenated alkanes) is 6. The van der Waals surface area contributed by atoms with Crippen molar-refractivity contribution in [1.82, 2.24) is 5.32 Å². The van der Waals surface area contributed by atoms with Crippen LogP contribution in [0.15, 0.2) is 12.2 Å². The average Bonchev–Trinajstić information content (AvgIpc) is 2.41. The van der Waals surface area contributed by atoms with Gasteiger partial charge in [-0.2, -0.15) is 0 Å². The molecule has 0 bridgehead atoms. The van der Waals surface area contributed by atoms with E-state index < -0.39 is 17.8 Å². The monoisotopic (exact) mass is 313 g/mol. The third-order valence-corrected chi connectivity index (χ3v) is 3.18. The third-order valence-electron chi connectivity index (χ3n) is 3.18. The van der Waals surface area contributed by atoms with Crippen LogP contribution in [0.5, 0.6) is 0 Å². The number of carbonyl (C=O) groups is 1. The molecule has 0 saturated carbocycles. The number of alkyl carbamates (subject to hydrolysis) is 1. The van der Waals surface area contributed by atoms with Gasteiger partial charge in [0.2, 0.25) is 0 Å². The molecule has 0 aliphatic carbocycles. The fourth-order valence-electron chi connectivity index (χ4n) is 2.01.